The molecule has 0 aromatic heterocycles. The van der Waals surface area contributed by atoms with Gasteiger partial charge in [0.2, 0.25) is 0 Å². The van der Waals surface area contributed by atoms with Crippen molar-refractivity contribution >= 4 is 19.2 Å². The van der Waals surface area contributed by atoms with Crippen molar-refractivity contribution in [1.82, 2.24) is 0 Å². The van der Waals surface area contributed by atoms with Gasteiger partial charge in [0.1, 0.15) is 0 Å². The molecule has 0 amide bonds. The highest BCUT2D eigenvalue weighted by Crippen LogP contribution is 2.31. The van der Waals surface area contributed by atoms with E-state index in [2.05, 4.69) is 6.55 Å². The fourth-order valence-electron chi connectivity index (χ4n) is 2.01. The Hall–Kier alpha value is -1.09. The van der Waals surface area contributed by atoms with Gasteiger partial charge in [-0.25, -0.2) is 4.79 Å². The van der Waals surface area contributed by atoms with Crippen LogP contribution in [0.5, 0.6) is 0 Å². The Morgan fingerprint density at radius 3 is 2.21 bits per heavy atom. The first-order chi connectivity index (χ1) is 6.62. The van der Waals surface area contributed by atoms with Gasteiger partial charge in [0.15, 0.2) is 0 Å². The van der Waals surface area contributed by atoms with E-state index in [1.54, 1.807) is 12.1 Å². The van der Waals surface area contributed by atoms with Crippen LogP contribution in [0.3, 0.4) is 0 Å². The van der Waals surface area contributed by atoms with Crippen LogP contribution in [0.2, 0.25) is 18.6 Å². The predicted octanol–water partition coefficient (Wildman–Crippen LogP) is 2.07. The van der Waals surface area contributed by atoms with Gasteiger partial charge in [0.05, 0.1) is 13.6 Å². The summed E-state index contributed by atoms with van der Waals surface area (Å²) < 4.78 is 0. The second-order valence-corrected chi connectivity index (χ2v) is 9.00. The average Bonchev–Trinajstić information content (AvgIpc) is 2.14. The number of aromatic carboxylic acids is 1. The summed E-state index contributed by atoms with van der Waals surface area (Å²) in [6.45, 7) is 2.38. The van der Waals surface area contributed by atoms with Crippen LogP contribution in [-0.2, 0) is 0 Å². The molecule has 0 spiro atoms. The molecule has 1 N–H and O–H groups in total. The zero-order chi connectivity index (χ0) is 10.2. The average molecular weight is 206 g/mol. The molecular formula is C11H14O2Si. The van der Waals surface area contributed by atoms with Crippen molar-refractivity contribution in [2.45, 2.75) is 25.1 Å². The number of benzene rings is 1. The molecule has 1 aliphatic rings. The Balaban J connectivity index is 2.25. The molecular weight excluding hydrogens is 192 g/mol. The standard InChI is InChI=1S/C11H14O2Si/c1-14(7-2-8-14)10-5-3-9(4-6-10)11(12)13/h3-6H,2,7-8H2,1H3,(H,12,13). The van der Waals surface area contributed by atoms with E-state index < -0.39 is 14.0 Å². The maximum Gasteiger partial charge on any atom is 0.335 e. The molecule has 0 atom stereocenters. The Labute approximate surface area is 84.6 Å². The quantitative estimate of drug-likeness (QED) is 0.752. The monoisotopic (exact) mass is 206 g/mol. The van der Waals surface area contributed by atoms with Crippen molar-refractivity contribution in [2.75, 3.05) is 0 Å². The van der Waals surface area contributed by atoms with Crippen LogP contribution in [0.4, 0.5) is 0 Å². The molecule has 74 valence electrons. The number of rotatable bonds is 2. The summed E-state index contributed by atoms with van der Waals surface area (Å²) >= 11 is 0. The zero-order valence-electron chi connectivity index (χ0n) is 8.29. The fraction of sp³-hybridized carbons (Fsp3) is 0.364. The Morgan fingerprint density at radius 1 is 1.29 bits per heavy atom. The third kappa shape index (κ3) is 1.48. The molecule has 0 aliphatic carbocycles. The van der Waals surface area contributed by atoms with Crippen LogP contribution in [-0.4, -0.2) is 19.1 Å². The van der Waals surface area contributed by atoms with E-state index in [0.717, 1.165) is 0 Å². The highest BCUT2D eigenvalue weighted by Gasteiger charge is 2.35. The van der Waals surface area contributed by atoms with E-state index in [-0.39, 0.29) is 0 Å². The SMILES string of the molecule is C[Si]1(c2ccc(C(=O)O)cc2)CCC1. The smallest absolute Gasteiger partial charge is 0.335 e. The minimum atomic E-state index is -1.12. The fourth-order valence-corrected chi connectivity index (χ4v) is 4.97. The summed E-state index contributed by atoms with van der Waals surface area (Å²) in [5.41, 5.74) is 0.394. The van der Waals surface area contributed by atoms with E-state index in [0.29, 0.717) is 5.56 Å². The van der Waals surface area contributed by atoms with Gasteiger partial charge in [0.25, 0.3) is 0 Å². The van der Waals surface area contributed by atoms with Crippen LogP contribution in [0.15, 0.2) is 24.3 Å². The van der Waals surface area contributed by atoms with Crippen LogP contribution >= 0.6 is 0 Å². The molecule has 1 heterocycles. The first kappa shape index (κ1) is 9.46. The van der Waals surface area contributed by atoms with Crippen molar-refractivity contribution < 1.29 is 9.90 Å². The maximum absolute atomic E-state index is 10.7. The summed E-state index contributed by atoms with van der Waals surface area (Å²) in [6, 6.07) is 10.2. The second kappa shape index (κ2) is 3.24. The van der Waals surface area contributed by atoms with Crippen LogP contribution in [0, 0.1) is 0 Å². The van der Waals surface area contributed by atoms with Gasteiger partial charge >= 0.3 is 5.97 Å². The molecule has 0 saturated carbocycles. The van der Waals surface area contributed by atoms with Gasteiger partial charge < -0.3 is 5.11 Å². The molecule has 1 fully saturated rings. The number of hydrogen-bond donors (Lipinski definition) is 1. The molecule has 1 aromatic carbocycles. The first-order valence-electron chi connectivity index (χ1n) is 4.96. The van der Waals surface area contributed by atoms with Crippen molar-refractivity contribution in [3.8, 4) is 0 Å². The lowest BCUT2D eigenvalue weighted by Gasteiger charge is -2.36. The van der Waals surface area contributed by atoms with Crippen LogP contribution < -0.4 is 5.19 Å². The molecule has 2 nitrogen and oxygen atoms in total. The number of carbonyl (C=O) groups is 1. The summed E-state index contributed by atoms with van der Waals surface area (Å²) in [5, 5.41) is 10.2. The topological polar surface area (TPSA) is 37.3 Å². The maximum atomic E-state index is 10.7. The predicted molar refractivity (Wildman–Crippen MR) is 58.9 cm³/mol. The number of hydrogen-bond acceptors (Lipinski definition) is 1. The molecule has 0 unspecified atom stereocenters. The van der Waals surface area contributed by atoms with Gasteiger partial charge in [-0.05, 0) is 12.1 Å². The van der Waals surface area contributed by atoms with Crippen molar-refractivity contribution in [1.29, 1.82) is 0 Å². The lowest BCUT2D eigenvalue weighted by Crippen LogP contribution is -2.50. The second-order valence-electron chi connectivity index (χ2n) is 4.30. The van der Waals surface area contributed by atoms with E-state index >= 15 is 0 Å². The Bertz CT molecular complexity index is 352. The molecule has 14 heavy (non-hydrogen) atoms. The van der Waals surface area contributed by atoms with E-state index in [4.69, 9.17) is 5.11 Å². The van der Waals surface area contributed by atoms with E-state index in [1.807, 2.05) is 12.1 Å². The summed E-state index contributed by atoms with van der Waals surface area (Å²) in [6.07, 6.45) is 1.35. The van der Waals surface area contributed by atoms with Gasteiger partial charge in [-0.1, -0.05) is 42.4 Å². The summed E-state index contributed by atoms with van der Waals surface area (Å²) in [5.74, 6) is -0.836. The minimum Gasteiger partial charge on any atom is -0.478 e. The van der Waals surface area contributed by atoms with Crippen LogP contribution in [0.25, 0.3) is 0 Å². The molecule has 3 heteroatoms. The summed E-state index contributed by atoms with van der Waals surface area (Å²) in [4.78, 5) is 10.7. The molecule has 2 rings (SSSR count). The van der Waals surface area contributed by atoms with Gasteiger partial charge in [-0.3, -0.25) is 0 Å². The normalized spacial score (nSPS) is 18.6. The van der Waals surface area contributed by atoms with Gasteiger partial charge in [-0.15, -0.1) is 0 Å². The van der Waals surface area contributed by atoms with Crippen LogP contribution in [0.1, 0.15) is 16.8 Å². The lowest BCUT2D eigenvalue weighted by atomic mass is 10.2. The highest BCUT2D eigenvalue weighted by molar-refractivity contribution is 6.92. The van der Waals surface area contributed by atoms with Crippen molar-refractivity contribution in [3.05, 3.63) is 29.8 Å². The number of carboxylic acid groups (broad SMARTS) is 1. The van der Waals surface area contributed by atoms with E-state index in [1.165, 1.54) is 23.7 Å². The first-order valence-corrected chi connectivity index (χ1v) is 7.87. The Kier molecular flexibility index (Phi) is 2.19. The van der Waals surface area contributed by atoms with E-state index in [9.17, 15) is 4.79 Å². The lowest BCUT2D eigenvalue weighted by molar-refractivity contribution is 0.0697. The summed E-state index contributed by atoms with van der Waals surface area (Å²) in [7, 11) is -1.12. The van der Waals surface area contributed by atoms with Gasteiger partial charge in [-0.2, -0.15) is 0 Å². The zero-order valence-corrected chi connectivity index (χ0v) is 9.29. The Morgan fingerprint density at radius 2 is 1.86 bits per heavy atom. The number of carboxylic acids is 1. The largest absolute Gasteiger partial charge is 0.478 e. The third-order valence-corrected chi connectivity index (χ3v) is 7.93. The molecule has 0 bridgehead atoms. The van der Waals surface area contributed by atoms with Crippen molar-refractivity contribution in [2.24, 2.45) is 0 Å². The molecule has 1 aromatic rings. The molecule has 0 radical (unpaired) electrons. The van der Waals surface area contributed by atoms with Gasteiger partial charge in [0, 0.05) is 0 Å². The van der Waals surface area contributed by atoms with Crippen molar-refractivity contribution in [3.63, 3.8) is 0 Å². The molecule has 1 saturated heterocycles. The highest BCUT2D eigenvalue weighted by atomic mass is 28.3. The minimum absolute atomic E-state index is 0.394. The molecule has 1 aliphatic heterocycles. The third-order valence-electron chi connectivity index (χ3n) is 3.29.